The second-order valence-corrected chi connectivity index (χ2v) is 4.87. The first-order valence-electron chi connectivity index (χ1n) is 6.19. The van der Waals surface area contributed by atoms with Crippen LogP contribution in [0.4, 0.5) is 0 Å². The first-order chi connectivity index (χ1) is 9.31. The third-order valence-electron chi connectivity index (χ3n) is 2.99. The summed E-state index contributed by atoms with van der Waals surface area (Å²) < 4.78 is 10.6. The molecule has 0 amide bonds. The molecule has 0 spiro atoms. The Labute approximate surface area is 115 Å². The predicted molar refractivity (Wildman–Crippen MR) is 70.1 cm³/mol. The Morgan fingerprint density at radius 1 is 1.32 bits per heavy atom. The maximum atomic E-state index is 5.85. The van der Waals surface area contributed by atoms with Gasteiger partial charge in [0.25, 0.3) is 0 Å². The van der Waals surface area contributed by atoms with Crippen molar-refractivity contribution in [3.8, 4) is 0 Å². The summed E-state index contributed by atoms with van der Waals surface area (Å²) in [6.07, 6.45) is 0.609. The Morgan fingerprint density at radius 3 is 2.89 bits per heavy atom. The molecule has 5 nitrogen and oxygen atoms in total. The molecular formula is C13H14ClN3O2. The molecule has 1 aromatic carbocycles. The van der Waals surface area contributed by atoms with Crippen LogP contribution >= 0.6 is 11.6 Å². The minimum atomic E-state index is 0.0245. The number of aromatic nitrogens is 2. The summed E-state index contributed by atoms with van der Waals surface area (Å²) in [4.78, 5) is 4.40. The van der Waals surface area contributed by atoms with Crippen LogP contribution < -0.4 is 5.32 Å². The van der Waals surface area contributed by atoms with Crippen LogP contribution in [0.5, 0.6) is 0 Å². The fourth-order valence-electron chi connectivity index (χ4n) is 1.99. The van der Waals surface area contributed by atoms with E-state index in [0.717, 1.165) is 23.7 Å². The number of morpholine rings is 1. The smallest absolute Gasteiger partial charge is 0.231 e. The molecule has 0 unspecified atom stereocenters. The van der Waals surface area contributed by atoms with Gasteiger partial charge in [0.1, 0.15) is 0 Å². The molecule has 19 heavy (non-hydrogen) atoms. The highest BCUT2D eigenvalue weighted by Gasteiger charge is 2.20. The monoisotopic (exact) mass is 279 g/mol. The van der Waals surface area contributed by atoms with E-state index in [1.807, 2.05) is 24.3 Å². The number of nitrogens with zero attached hydrogens (tertiary/aromatic N) is 2. The summed E-state index contributed by atoms with van der Waals surface area (Å²) in [5.74, 6) is 1.26. The Hall–Kier alpha value is -1.43. The molecule has 0 aliphatic carbocycles. The number of ether oxygens (including phenoxy) is 1. The van der Waals surface area contributed by atoms with Gasteiger partial charge in [-0.2, -0.15) is 4.98 Å². The van der Waals surface area contributed by atoms with Gasteiger partial charge in [-0.15, -0.1) is 0 Å². The van der Waals surface area contributed by atoms with E-state index < -0.39 is 0 Å². The minimum Gasteiger partial charge on any atom is -0.378 e. The Bertz CT molecular complexity index is 535. The van der Waals surface area contributed by atoms with E-state index in [1.54, 1.807) is 0 Å². The lowest BCUT2D eigenvalue weighted by Crippen LogP contribution is -2.35. The van der Waals surface area contributed by atoms with Gasteiger partial charge in [-0.25, -0.2) is 0 Å². The summed E-state index contributed by atoms with van der Waals surface area (Å²) in [5.41, 5.74) is 1.09. The number of nitrogens with one attached hydrogen (secondary N) is 1. The van der Waals surface area contributed by atoms with Crippen LogP contribution in [-0.2, 0) is 11.2 Å². The molecule has 1 N–H and O–H groups in total. The fraction of sp³-hybridized carbons (Fsp3) is 0.385. The van der Waals surface area contributed by atoms with Gasteiger partial charge in [0.2, 0.25) is 5.89 Å². The van der Waals surface area contributed by atoms with Gasteiger partial charge in [-0.3, -0.25) is 0 Å². The number of halogens is 1. The highest BCUT2D eigenvalue weighted by atomic mass is 35.5. The second-order valence-electron chi connectivity index (χ2n) is 4.43. The summed E-state index contributed by atoms with van der Waals surface area (Å²) in [6.45, 7) is 2.12. The van der Waals surface area contributed by atoms with Gasteiger partial charge in [0.15, 0.2) is 5.82 Å². The topological polar surface area (TPSA) is 60.2 Å². The second kappa shape index (κ2) is 5.69. The lowest BCUT2D eigenvalue weighted by atomic mass is 10.1. The van der Waals surface area contributed by atoms with Crippen molar-refractivity contribution in [3.63, 3.8) is 0 Å². The van der Waals surface area contributed by atoms with E-state index in [0.29, 0.717) is 24.7 Å². The molecule has 0 radical (unpaired) electrons. The molecule has 1 saturated heterocycles. The molecule has 0 saturated carbocycles. The molecule has 2 heterocycles. The highest BCUT2D eigenvalue weighted by molar-refractivity contribution is 6.30. The third kappa shape index (κ3) is 3.12. The van der Waals surface area contributed by atoms with Gasteiger partial charge in [0, 0.05) is 11.6 Å². The largest absolute Gasteiger partial charge is 0.378 e. The van der Waals surface area contributed by atoms with E-state index in [9.17, 15) is 0 Å². The molecule has 3 rings (SSSR count). The third-order valence-corrected chi connectivity index (χ3v) is 3.24. The Balaban J connectivity index is 1.68. The molecule has 1 fully saturated rings. The van der Waals surface area contributed by atoms with E-state index in [2.05, 4.69) is 15.5 Å². The minimum absolute atomic E-state index is 0.0245. The van der Waals surface area contributed by atoms with Gasteiger partial charge in [0.05, 0.1) is 25.7 Å². The number of hydrogen-bond donors (Lipinski definition) is 1. The van der Waals surface area contributed by atoms with Crippen molar-refractivity contribution in [1.82, 2.24) is 15.5 Å². The molecule has 1 atom stereocenters. The molecule has 2 aromatic rings. The molecule has 1 aromatic heterocycles. The fourth-order valence-corrected chi connectivity index (χ4v) is 2.12. The van der Waals surface area contributed by atoms with E-state index in [-0.39, 0.29) is 6.04 Å². The average Bonchev–Trinajstić information content (AvgIpc) is 2.91. The first kappa shape index (κ1) is 12.6. The lowest BCUT2D eigenvalue weighted by molar-refractivity contribution is 0.0734. The Kier molecular flexibility index (Phi) is 3.77. The van der Waals surface area contributed by atoms with E-state index in [1.165, 1.54) is 0 Å². The number of hydrogen-bond acceptors (Lipinski definition) is 5. The molecule has 6 heteroatoms. The zero-order chi connectivity index (χ0) is 13.1. The zero-order valence-corrected chi connectivity index (χ0v) is 11.1. The van der Waals surface area contributed by atoms with Gasteiger partial charge in [-0.05, 0) is 17.7 Å². The number of rotatable bonds is 3. The Morgan fingerprint density at radius 2 is 2.16 bits per heavy atom. The quantitative estimate of drug-likeness (QED) is 0.931. The number of benzene rings is 1. The van der Waals surface area contributed by atoms with Crippen molar-refractivity contribution in [2.24, 2.45) is 0 Å². The predicted octanol–water partition coefficient (Wildman–Crippen LogP) is 1.97. The van der Waals surface area contributed by atoms with E-state index in [4.69, 9.17) is 20.9 Å². The van der Waals surface area contributed by atoms with Crippen molar-refractivity contribution in [2.75, 3.05) is 19.8 Å². The summed E-state index contributed by atoms with van der Waals surface area (Å²) >= 11 is 5.85. The molecule has 1 aliphatic heterocycles. The van der Waals surface area contributed by atoms with Gasteiger partial charge >= 0.3 is 0 Å². The van der Waals surface area contributed by atoms with Gasteiger partial charge < -0.3 is 14.6 Å². The van der Waals surface area contributed by atoms with E-state index >= 15 is 0 Å². The molecular weight excluding hydrogens is 266 g/mol. The van der Waals surface area contributed by atoms with Crippen molar-refractivity contribution in [1.29, 1.82) is 0 Å². The van der Waals surface area contributed by atoms with Crippen LogP contribution in [0.1, 0.15) is 23.3 Å². The zero-order valence-electron chi connectivity index (χ0n) is 10.3. The van der Waals surface area contributed by atoms with Crippen molar-refractivity contribution >= 4 is 11.6 Å². The average molecular weight is 280 g/mol. The van der Waals surface area contributed by atoms with Crippen molar-refractivity contribution in [2.45, 2.75) is 12.5 Å². The summed E-state index contributed by atoms with van der Waals surface area (Å²) in [7, 11) is 0. The van der Waals surface area contributed by atoms with Crippen LogP contribution in [0, 0.1) is 0 Å². The lowest BCUT2D eigenvalue weighted by Gasteiger charge is -2.20. The molecule has 0 bridgehead atoms. The summed E-state index contributed by atoms with van der Waals surface area (Å²) in [6, 6.07) is 7.63. The summed E-state index contributed by atoms with van der Waals surface area (Å²) in [5, 5.41) is 8.01. The SMILES string of the molecule is Clc1ccc(Cc2nc([C@H]3COCCN3)no2)cc1. The standard InChI is InChI=1S/C13H14ClN3O2/c14-10-3-1-9(2-4-10)7-12-16-13(17-19-12)11-8-18-6-5-15-11/h1-4,11,15H,5-8H2/t11-/m1/s1. The maximum Gasteiger partial charge on any atom is 0.231 e. The first-order valence-corrected chi connectivity index (χ1v) is 6.57. The van der Waals surface area contributed by atoms with Crippen LogP contribution in [0.3, 0.4) is 0 Å². The van der Waals surface area contributed by atoms with Crippen LogP contribution in [0.25, 0.3) is 0 Å². The van der Waals surface area contributed by atoms with Crippen molar-refractivity contribution in [3.05, 3.63) is 46.6 Å². The van der Waals surface area contributed by atoms with Crippen molar-refractivity contribution < 1.29 is 9.26 Å². The van der Waals surface area contributed by atoms with Crippen LogP contribution in [-0.4, -0.2) is 29.9 Å². The molecule has 100 valence electrons. The van der Waals surface area contributed by atoms with Crippen LogP contribution in [0.2, 0.25) is 5.02 Å². The molecule has 1 aliphatic rings. The highest BCUT2D eigenvalue weighted by Crippen LogP contribution is 2.16. The maximum absolute atomic E-state index is 5.85. The normalized spacial score (nSPS) is 19.5. The van der Waals surface area contributed by atoms with Gasteiger partial charge in [-0.1, -0.05) is 28.9 Å². The van der Waals surface area contributed by atoms with Crippen LogP contribution in [0.15, 0.2) is 28.8 Å².